The van der Waals surface area contributed by atoms with Gasteiger partial charge in [-0.3, -0.25) is 10.1 Å². The number of rotatable bonds is 8. The van der Waals surface area contributed by atoms with Crippen LogP contribution in [0.4, 0.5) is 5.69 Å². The fourth-order valence-electron chi connectivity index (χ4n) is 5.23. The molecule has 2 heterocycles. The number of fused-ring (bicyclic) bond motifs is 1. The van der Waals surface area contributed by atoms with Crippen LogP contribution < -0.4 is 15.0 Å². The summed E-state index contributed by atoms with van der Waals surface area (Å²) in [5.41, 5.74) is 2.89. The standard InChI is InChI=1S/C31H30N4O4/c1-21-19-22(2)34-30(33-21)39-28(29(37)38)31(24-13-7-4-8-14-24)25-15-9-10-16-26(25)35(27(36)20-32-31)18-17-23-11-5-3-6-12-23/h3-16,19,28,32H,17-18,20H2,1-2H3,(H,37,38). The van der Waals surface area contributed by atoms with Gasteiger partial charge in [-0.1, -0.05) is 78.9 Å². The maximum atomic E-state index is 13.6. The maximum Gasteiger partial charge on any atom is 0.347 e. The third-order valence-electron chi connectivity index (χ3n) is 6.94. The number of amides is 1. The number of nitrogens with one attached hydrogen (secondary N) is 1. The first-order chi connectivity index (χ1) is 18.9. The van der Waals surface area contributed by atoms with E-state index in [1.807, 2.05) is 84.9 Å². The van der Waals surface area contributed by atoms with Crippen LogP contribution in [0.15, 0.2) is 91.0 Å². The molecule has 0 saturated carbocycles. The number of nitrogens with zero attached hydrogens (tertiary/aromatic N) is 3. The Morgan fingerprint density at radius 3 is 2.26 bits per heavy atom. The van der Waals surface area contributed by atoms with Crippen molar-refractivity contribution in [2.75, 3.05) is 18.0 Å². The molecule has 3 aromatic carbocycles. The number of carbonyl (C=O) groups is 2. The number of carboxylic acid groups (broad SMARTS) is 1. The molecule has 0 radical (unpaired) electrons. The van der Waals surface area contributed by atoms with E-state index in [1.54, 1.807) is 24.8 Å². The molecule has 2 atom stereocenters. The van der Waals surface area contributed by atoms with Crippen molar-refractivity contribution in [3.63, 3.8) is 0 Å². The van der Waals surface area contributed by atoms with E-state index in [1.165, 1.54) is 0 Å². The molecule has 4 aromatic rings. The topological polar surface area (TPSA) is 105 Å². The molecule has 5 rings (SSSR count). The number of aromatic nitrogens is 2. The van der Waals surface area contributed by atoms with Crippen LogP contribution in [-0.4, -0.2) is 46.1 Å². The Hall–Kier alpha value is -4.56. The van der Waals surface area contributed by atoms with Crippen molar-refractivity contribution in [3.8, 4) is 6.01 Å². The molecular weight excluding hydrogens is 492 g/mol. The molecule has 39 heavy (non-hydrogen) atoms. The zero-order valence-corrected chi connectivity index (χ0v) is 21.9. The van der Waals surface area contributed by atoms with Crippen molar-refractivity contribution in [2.45, 2.75) is 31.9 Å². The van der Waals surface area contributed by atoms with Gasteiger partial charge in [0.1, 0.15) is 5.54 Å². The molecule has 1 aliphatic rings. The number of benzene rings is 3. The normalized spacial score (nSPS) is 17.7. The van der Waals surface area contributed by atoms with Crippen LogP contribution in [0.5, 0.6) is 6.01 Å². The van der Waals surface area contributed by atoms with E-state index >= 15 is 0 Å². The minimum Gasteiger partial charge on any atom is -0.478 e. The van der Waals surface area contributed by atoms with Gasteiger partial charge in [0.05, 0.1) is 6.54 Å². The van der Waals surface area contributed by atoms with Gasteiger partial charge in [-0.15, -0.1) is 0 Å². The Kier molecular flexibility index (Phi) is 7.38. The van der Waals surface area contributed by atoms with Gasteiger partial charge in [-0.25, -0.2) is 14.8 Å². The SMILES string of the molecule is Cc1cc(C)nc(OC(C(=O)O)C2(c3ccccc3)NCC(=O)N(CCc3ccccc3)c3ccccc32)n1. The molecule has 1 amide bonds. The first-order valence-corrected chi connectivity index (χ1v) is 12.8. The van der Waals surface area contributed by atoms with Gasteiger partial charge in [0.15, 0.2) is 0 Å². The Bertz CT molecular complexity index is 1460. The highest BCUT2D eigenvalue weighted by atomic mass is 16.5. The molecule has 1 aromatic heterocycles. The Labute approximate surface area is 227 Å². The Morgan fingerprint density at radius 2 is 1.59 bits per heavy atom. The lowest BCUT2D eigenvalue weighted by Crippen LogP contribution is -2.58. The molecule has 0 spiro atoms. The van der Waals surface area contributed by atoms with Crippen molar-refractivity contribution in [3.05, 3.63) is 119 Å². The van der Waals surface area contributed by atoms with Crippen LogP contribution in [0.2, 0.25) is 0 Å². The van der Waals surface area contributed by atoms with Gasteiger partial charge in [-0.05, 0) is 43.5 Å². The van der Waals surface area contributed by atoms with Crippen LogP contribution in [0.3, 0.4) is 0 Å². The van der Waals surface area contributed by atoms with Crippen molar-refractivity contribution in [1.82, 2.24) is 15.3 Å². The van der Waals surface area contributed by atoms with Gasteiger partial charge in [0, 0.05) is 29.2 Å². The van der Waals surface area contributed by atoms with Crippen molar-refractivity contribution in [1.29, 1.82) is 0 Å². The summed E-state index contributed by atoms with van der Waals surface area (Å²) in [5.74, 6) is -1.38. The van der Waals surface area contributed by atoms with Gasteiger partial charge < -0.3 is 14.7 Å². The first-order valence-electron chi connectivity index (χ1n) is 12.8. The van der Waals surface area contributed by atoms with Crippen LogP contribution in [0.1, 0.15) is 28.1 Å². The number of hydrogen-bond acceptors (Lipinski definition) is 6. The van der Waals surface area contributed by atoms with Crippen LogP contribution in [0.25, 0.3) is 0 Å². The Balaban J connectivity index is 1.67. The summed E-state index contributed by atoms with van der Waals surface area (Å²) in [7, 11) is 0. The molecule has 0 fully saturated rings. The highest BCUT2D eigenvalue weighted by molar-refractivity contribution is 5.97. The number of carbonyl (C=O) groups excluding carboxylic acids is 1. The van der Waals surface area contributed by atoms with E-state index in [0.717, 1.165) is 5.56 Å². The number of aliphatic carboxylic acids is 1. The quantitative estimate of drug-likeness (QED) is 0.360. The van der Waals surface area contributed by atoms with Gasteiger partial charge in [0.2, 0.25) is 12.0 Å². The summed E-state index contributed by atoms with van der Waals surface area (Å²) in [6, 6.07) is 28.3. The number of para-hydroxylation sites is 1. The average molecular weight is 523 g/mol. The summed E-state index contributed by atoms with van der Waals surface area (Å²) >= 11 is 0. The lowest BCUT2D eigenvalue weighted by molar-refractivity contribution is -0.149. The molecule has 0 saturated heterocycles. The highest BCUT2D eigenvalue weighted by Crippen LogP contribution is 2.42. The summed E-state index contributed by atoms with van der Waals surface area (Å²) in [5, 5.41) is 14.0. The summed E-state index contributed by atoms with van der Waals surface area (Å²) in [4.78, 5) is 37.1. The van der Waals surface area contributed by atoms with Crippen LogP contribution >= 0.6 is 0 Å². The number of carboxylic acids is 1. The number of ether oxygens (including phenoxy) is 1. The molecule has 8 nitrogen and oxygen atoms in total. The average Bonchev–Trinajstić information content (AvgIpc) is 3.05. The maximum absolute atomic E-state index is 13.6. The summed E-state index contributed by atoms with van der Waals surface area (Å²) in [6.07, 6.45) is -0.849. The van der Waals surface area contributed by atoms with E-state index in [-0.39, 0.29) is 18.5 Å². The van der Waals surface area contributed by atoms with Crippen molar-refractivity contribution < 1.29 is 19.4 Å². The smallest absolute Gasteiger partial charge is 0.347 e. The van der Waals surface area contributed by atoms with E-state index in [0.29, 0.717) is 41.2 Å². The van der Waals surface area contributed by atoms with Crippen LogP contribution in [-0.2, 0) is 21.5 Å². The van der Waals surface area contributed by atoms with Crippen molar-refractivity contribution >= 4 is 17.6 Å². The van der Waals surface area contributed by atoms with Gasteiger partial charge in [0.25, 0.3) is 0 Å². The molecule has 0 bridgehead atoms. The second kappa shape index (κ2) is 11.0. The highest BCUT2D eigenvalue weighted by Gasteiger charge is 2.52. The van der Waals surface area contributed by atoms with E-state index in [2.05, 4.69) is 15.3 Å². The molecule has 8 heteroatoms. The predicted octanol–water partition coefficient (Wildman–Crippen LogP) is 4.05. The van der Waals surface area contributed by atoms with Crippen molar-refractivity contribution in [2.24, 2.45) is 0 Å². The second-order valence-corrected chi connectivity index (χ2v) is 9.60. The number of anilines is 1. The zero-order chi connectivity index (χ0) is 27.4. The molecule has 2 N–H and O–H groups in total. The predicted molar refractivity (Wildman–Crippen MR) is 148 cm³/mol. The van der Waals surface area contributed by atoms with Crippen LogP contribution in [0, 0.1) is 13.8 Å². The zero-order valence-electron chi connectivity index (χ0n) is 21.9. The molecular formula is C31H30N4O4. The molecule has 198 valence electrons. The summed E-state index contributed by atoms with van der Waals surface area (Å²) in [6.45, 7) is 3.93. The lowest BCUT2D eigenvalue weighted by atomic mass is 9.77. The van der Waals surface area contributed by atoms with Gasteiger partial charge >= 0.3 is 12.0 Å². The van der Waals surface area contributed by atoms with E-state index in [4.69, 9.17) is 4.74 Å². The fourth-order valence-corrected chi connectivity index (χ4v) is 5.23. The Morgan fingerprint density at radius 1 is 0.974 bits per heavy atom. The van der Waals surface area contributed by atoms with E-state index < -0.39 is 17.6 Å². The third-order valence-corrected chi connectivity index (χ3v) is 6.94. The molecule has 2 unspecified atom stereocenters. The molecule has 0 aliphatic carbocycles. The minimum atomic E-state index is -1.50. The first kappa shape index (κ1) is 26.1. The monoisotopic (exact) mass is 522 g/mol. The second-order valence-electron chi connectivity index (χ2n) is 9.60. The largest absolute Gasteiger partial charge is 0.478 e. The van der Waals surface area contributed by atoms with Gasteiger partial charge in [-0.2, -0.15) is 0 Å². The number of hydrogen-bond donors (Lipinski definition) is 2. The number of aryl methyl sites for hydroxylation is 2. The molecule has 1 aliphatic heterocycles. The van der Waals surface area contributed by atoms with E-state index in [9.17, 15) is 14.7 Å². The lowest BCUT2D eigenvalue weighted by Gasteiger charge is -2.39. The minimum absolute atomic E-state index is 0.0361. The fraction of sp³-hybridized carbons (Fsp3) is 0.226. The third kappa shape index (κ3) is 5.24. The summed E-state index contributed by atoms with van der Waals surface area (Å²) < 4.78 is 6.13.